The Morgan fingerprint density at radius 2 is 1.77 bits per heavy atom. The number of carbonyl (C=O) groups excluding carboxylic acids is 1. The van der Waals surface area contributed by atoms with Gasteiger partial charge in [0.25, 0.3) is 0 Å². The van der Waals surface area contributed by atoms with Gasteiger partial charge >= 0.3 is 0 Å². The molecule has 0 aliphatic heterocycles. The van der Waals surface area contributed by atoms with Crippen molar-refractivity contribution >= 4 is 45.5 Å². The summed E-state index contributed by atoms with van der Waals surface area (Å²) in [5, 5.41) is 7.71. The fraction of sp³-hybridized carbons (Fsp3) is 0.0588. The van der Waals surface area contributed by atoms with Gasteiger partial charge in [0, 0.05) is 40.6 Å². The molecule has 0 bridgehead atoms. The zero-order chi connectivity index (χ0) is 15.5. The predicted molar refractivity (Wildman–Crippen MR) is 90.8 cm³/mol. The number of rotatable bonds is 3. The van der Waals surface area contributed by atoms with Crippen LogP contribution in [0.2, 0.25) is 5.02 Å². The monoisotopic (exact) mass is 311 g/mol. The van der Waals surface area contributed by atoms with Crippen molar-refractivity contribution in [1.82, 2.24) is 4.98 Å². The van der Waals surface area contributed by atoms with Gasteiger partial charge in [-0.3, -0.25) is 9.78 Å². The van der Waals surface area contributed by atoms with Gasteiger partial charge in [-0.2, -0.15) is 0 Å². The molecule has 0 spiro atoms. The number of pyridine rings is 1. The van der Waals surface area contributed by atoms with E-state index in [2.05, 4.69) is 15.6 Å². The number of anilines is 3. The second-order valence-electron chi connectivity index (χ2n) is 4.90. The van der Waals surface area contributed by atoms with Crippen LogP contribution < -0.4 is 10.6 Å². The van der Waals surface area contributed by atoms with Crippen LogP contribution in [0.3, 0.4) is 0 Å². The largest absolute Gasteiger partial charge is 0.355 e. The highest BCUT2D eigenvalue weighted by molar-refractivity contribution is 6.31. The number of hydrogen-bond acceptors (Lipinski definition) is 3. The lowest BCUT2D eigenvalue weighted by atomic mass is 10.2. The number of hydrogen-bond donors (Lipinski definition) is 2. The van der Waals surface area contributed by atoms with Gasteiger partial charge in [-0.15, -0.1) is 0 Å². The molecule has 0 saturated heterocycles. The van der Waals surface area contributed by atoms with E-state index in [-0.39, 0.29) is 5.91 Å². The van der Waals surface area contributed by atoms with E-state index in [0.717, 1.165) is 28.0 Å². The van der Waals surface area contributed by atoms with E-state index in [0.29, 0.717) is 5.02 Å². The number of nitrogens with zero attached hydrogens (tertiary/aromatic N) is 1. The molecule has 0 atom stereocenters. The van der Waals surface area contributed by atoms with Crippen LogP contribution in [0.4, 0.5) is 17.1 Å². The van der Waals surface area contributed by atoms with E-state index in [4.69, 9.17) is 11.6 Å². The van der Waals surface area contributed by atoms with Crippen molar-refractivity contribution in [1.29, 1.82) is 0 Å². The first kappa shape index (κ1) is 14.4. The molecule has 1 aromatic heterocycles. The minimum absolute atomic E-state index is 0.0875. The Balaban J connectivity index is 1.89. The predicted octanol–water partition coefficient (Wildman–Crippen LogP) is 4.59. The van der Waals surface area contributed by atoms with Crippen LogP contribution in [-0.4, -0.2) is 10.9 Å². The molecule has 3 rings (SSSR count). The van der Waals surface area contributed by atoms with Crippen LogP contribution >= 0.6 is 11.6 Å². The molecule has 2 N–H and O–H groups in total. The third-order valence-corrected chi connectivity index (χ3v) is 3.42. The van der Waals surface area contributed by atoms with E-state index in [1.165, 1.54) is 6.92 Å². The summed E-state index contributed by atoms with van der Waals surface area (Å²) in [5.74, 6) is -0.0875. The molecule has 1 heterocycles. The number of nitrogens with one attached hydrogen (secondary N) is 2. The third kappa shape index (κ3) is 3.18. The first-order chi connectivity index (χ1) is 10.6. The number of fused-ring (bicyclic) bond motifs is 1. The van der Waals surface area contributed by atoms with E-state index in [9.17, 15) is 4.79 Å². The van der Waals surface area contributed by atoms with Crippen LogP contribution in [0, 0.1) is 0 Å². The summed E-state index contributed by atoms with van der Waals surface area (Å²) in [4.78, 5) is 15.3. The van der Waals surface area contributed by atoms with Crippen molar-refractivity contribution < 1.29 is 4.79 Å². The Labute approximate surface area is 133 Å². The highest BCUT2D eigenvalue weighted by Gasteiger charge is 2.04. The first-order valence-corrected chi connectivity index (χ1v) is 7.18. The number of amides is 1. The molecule has 0 aliphatic carbocycles. The number of benzene rings is 2. The maximum Gasteiger partial charge on any atom is 0.221 e. The molecule has 0 aliphatic rings. The molecule has 3 aromatic rings. The third-order valence-electron chi connectivity index (χ3n) is 3.19. The van der Waals surface area contributed by atoms with Crippen molar-refractivity contribution in [2.75, 3.05) is 10.6 Å². The molecule has 5 heteroatoms. The summed E-state index contributed by atoms with van der Waals surface area (Å²) in [6.45, 7) is 1.49. The Hall–Kier alpha value is -2.59. The molecule has 22 heavy (non-hydrogen) atoms. The van der Waals surface area contributed by atoms with Crippen LogP contribution in [0.5, 0.6) is 0 Å². The zero-order valence-corrected chi connectivity index (χ0v) is 12.7. The van der Waals surface area contributed by atoms with Crippen molar-refractivity contribution in [2.45, 2.75) is 6.92 Å². The van der Waals surface area contributed by atoms with Gasteiger partial charge in [0.05, 0.1) is 5.52 Å². The molecular weight excluding hydrogens is 298 g/mol. The molecule has 4 nitrogen and oxygen atoms in total. The highest BCUT2D eigenvalue weighted by atomic mass is 35.5. The van der Waals surface area contributed by atoms with Gasteiger partial charge in [0.1, 0.15) is 0 Å². The summed E-state index contributed by atoms with van der Waals surface area (Å²) in [5.41, 5.74) is 3.49. The summed E-state index contributed by atoms with van der Waals surface area (Å²) >= 11 is 6.07. The summed E-state index contributed by atoms with van der Waals surface area (Å²) in [7, 11) is 0. The number of halogens is 1. The Bertz CT molecular complexity index is 831. The van der Waals surface area contributed by atoms with E-state index in [1.54, 1.807) is 6.20 Å². The first-order valence-electron chi connectivity index (χ1n) is 6.81. The van der Waals surface area contributed by atoms with Crippen LogP contribution in [0.15, 0.2) is 54.7 Å². The molecule has 0 radical (unpaired) electrons. The molecule has 0 unspecified atom stereocenters. The van der Waals surface area contributed by atoms with Crippen molar-refractivity contribution in [3.63, 3.8) is 0 Å². The second kappa shape index (κ2) is 6.03. The highest BCUT2D eigenvalue weighted by Crippen LogP contribution is 2.27. The average molecular weight is 312 g/mol. The lowest BCUT2D eigenvalue weighted by Gasteiger charge is -2.10. The van der Waals surface area contributed by atoms with Crippen LogP contribution in [-0.2, 0) is 4.79 Å². The van der Waals surface area contributed by atoms with Gasteiger partial charge in [-0.1, -0.05) is 11.6 Å². The molecule has 1 amide bonds. The van der Waals surface area contributed by atoms with Gasteiger partial charge in [0.15, 0.2) is 0 Å². The second-order valence-corrected chi connectivity index (χ2v) is 5.34. The summed E-state index contributed by atoms with van der Waals surface area (Å²) in [6.07, 6.45) is 1.75. The minimum atomic E-state index is -0.0875. The van der Waals surface area contributed by atoms with E-state index < -0.39 is 0 Å². The maximum absolute atomic E-state index is 11.0. The number of aromatic nitrogens is 1. The fourth-order valence-electron chi connectivity index (χ4n) is 2.22. The number of carbonyl (C=O) groups is 1. The van der Waals surface area contributed by atoms with Gasteiger partial charge < -0.3 is 10.6 Å². The van der Waals surface area contributed by atoms with Crippen molar-refractivity contribution in [3.8, 4) is 0 Å². The minimum Gasteiger partial charge on any atom is -0.355 e. The van der Waals surface area contributed by atoms with E-state index in [1.807, 2.05) is 48.5 Å². The van der Waals surface area contributed by atoms with Crippen LogP contribution in [0.1, 0.15) is 6.92 Å². The average Bonchev–Trinajstić information content (AvgIpc) is 2.49. The lowest BCUT2D eigenvalue weighted by molar-refractivity contribution is -0.114. The van der Waals surface area contributed by atoms with Gasteiger partial charge in [0.2, 0.25) is 5.91 Å². The SMILES string of the molecule is CC(=O)Nc1ccc(Nc2ccnc3ccc(Cl)cc23)cc1. The van der Waals surface area contributed by atoms with Crippen molar-refractivity contribution in [3.05, 3.63) is 59.8 Å². The molecular formula is C17H14ClN3O. The Morgan fingerprint density at radius 3 is 2.50 bits per heavy atom. The summed E-state index contributed by atoms with van der Waals surface area (Å²) in [6, 6.07) is 15.0. The lowest BCUT2D eigenvalue weighted by Crippen LogP contribution is -2.05. The Morgan fingerprint density at radius 1 is 1.05 bits per heavy atom. The fourth-order valence-corrected chi connectivity index (χ4v) is 2.40. The Kier molecular flexibility index (Phi) is 3.94. The van der Waals surface area contributed by atoms with Gasteiger partial charge in [-0.25, -0.2) is 0 Å². The molecule has 0 saturated carbocycles. The molecule has 2 aromatic carbocycles. The topological polar surface area (TPSA) is 54.0 Å². The smallest absolute Gasteiger partial charge is 0.221 e. The normalized spacial score (nSPS) is 10.5. The maximum atomic E-state index is 11.0. The van der Waals surface area contributed by atoms with E-state index >= 15 is 0 Å². The zero-order valence-electron chi connectivity index (χ0n) is 11.9. The van der Waals surface area contributed by atoms with Crippen LogP contribution in [0.25, 0.3) is 10.9 Å². The van der Waals surface area contributed by atoms with Gasteiger partial charge in [-0.05, 0) is 48.5 Å². The molecule has 110 valence electrons. The quantitative estimate of drug-likeness (QED) is 0.744. The standard InChI is InChI=1S/C17H14ClN3O/c1-11(22)20-13-3-5-14(6-4-13)21-17-8-9-19-16-7-2-12(18)10-15(16)17/h2-10H,1H3,(H,19,21)(H,20,22). The molecule has 0 fully saturated rings. The van der Waals surface area contributed by atoms with Crippen molar-refractivity contribution in [2.24, 2.45) is 0 Å². The summed E-state index contributed by atoms with van der Waals surface area (Å²) < 4.78 is 0.